The average molecular weight is 426 g/mol. The number of hydrogen-bond acceptors (Lipinski definition) is 4. The molecule has 1 fully saturated rings. The molecule has 31 heavy (non-hydrogen) atoms. The van der Waals surface area contributed by atoms with E-state index >= 15 is 0 Å². The molecule has 0 radical (unpaired) electrons. The molecule has 1 aliphatic heterocycles. The fraction of sp³-hybridized carbons (Fsp3) is 0.417. The fourth-order valence-corrected chi connectivity index (χ4v) is 3.94. The Kier molecular flexibility index (Phi) is 7.65. The molecule has 0 aromatic heterocycles. The monoisotopic (exact) mass is 425 g/mol. The first-order valence-electron chi connectivity index (χ1n) is 10.7. The molecule has 0 spiro atoms. The van der Waals surface area contributed by atoms with Crippen molar-refractivity contribution in [2.24, 2.45) is 0 Å². The molecule has 2 amide bonds. The number of aryl methyl sites for hydroxylation is 2. The van der Waals surface area contributed by atoms with Gasteiger partial charge in [-0.25, -0.2) is 0 Å². The van der Waals surface area contributed by atoms with E-state index in [1.165, 1.54) is 4.90 Å². The van der Waals surface area contributed by atoms with Crippen LogP contribution in [-0.2, 0) is 14.3 Å². The first-order chi connectivity index (χ1) is 14.9. The van der Waals surface area contributed by atoms with Gasteiger partial charge in [0.25, 0.3) is 0 Å². The predicted octanol–water partition coefficient (Wildman–Crippen LogP) is 1.08. The maximum atomic E-state index is 12.6. The second-order valence-corrected chi connectivity index (χ2v) is 8.24. The number of nitrogens with one attached hydrogen (secondary N) is 3. The largest absolute Gasteiger partial charge is 0.378 e. The lowest BCUT2D eigenvalue weighted by Gasteiger charge is -2.32. The van der Waals surface area contributed by atoms with Crippen LogP contribution in [0.2, 0.25) is 0 Å². The van der Waals surface area contributed by atoms with Crippen molar-refractivity contribution in [2.45, 2.75) is 19.9 Å². The van der Waals surface area contributed by atoms with Gasteiger partial charge in [-0.3, -0.25) is 9.59 Å². The van der Waals surface area contributed by atoms with Crippen LogP contribution >= 0.6 is 0 Å². The Morgan fingerprint density at radius 1 is 1.00 bits per heavy atom. The summed E-state index contributed by atoms with van der Waals surface area (Å²) in [7, 11) is 4.02. The molecular weight excluding hydrogens is 392 g/mol. The van der Waals surface area contributed by atoms with Crippen molar-refractivity contribution in [3.05, 3.63) is 59.2 Å². The molecule has 7 nitrogen and oxygen atoms in total. The summed E-state index contributed by atoms with van der Waals surface area (Å²) in [5.74, 6) is -1.26. The lowest BCUT2D eigenvalue weighted by Crippen LogP contribution is -3.15. The Hall–Kier alpha value is -2.90. The van der Waals surface area contributed by atoms with Gasteiger partial charge in [-0.15, -0.1) is 0 Å². The van der Waals surface area contributed by atoms with Crippen molar-refractivity contribution in [3.8, 4) is 0 Å². The molecule has 0 bridgehead atoms. The third kappa shape index (κ3) is 5.83. The molecule has 0 unspecified atom stereocenters. The molecule has 1 atom stereocenters. The summed E-state index contributed by atoms with van der Waals surface area (Å²) in [5.41, 5.74) is 4.81. The number of anilines is 2. The minimum atomic E-state index is -0.643. The normalized spacial score (nSPS) is 15.2. The Labute approximate surface area is 184 Å². The first kappa shape index (κ1) is 22.8. The molecule has 7 heteroatoms. The predicted molar refractivity (Wildman–Crippen MR) is 123 cm³/mol. The van der Waals surface area contributed by atoms with Gasteiger partial charge in [-0.1, -0.05) is 30.3 Å². The van der Waals surface area contributed by atoms with Crippen LogP contribution in [0.1, 0.15) is 22.7 Å². The van der Waals surface area contributed by atoms with Crippen LogP contribution in [0.15, 0.2) is 42.5 Å². The van der Waals surface area contributed by atoms with E-state index in [-0.39, 0.29) is 6.04 Å². The molecule has 166 valence electrons. The Morgan fingerprint density at radius 3 is 2.19 bits per heavy atom. The number of amides is 2. The molecule has 3 rings (SSSR count). The van der Waals surface area contributed by atoms with Gasteiger partial charge in [0.2, 0.25) is 0 Å². The summed E-state index contributed by atoms with van der Waals surface area (Å²) in [5, 5.41) is 5.61. The fourth-order valence-electron chi connectivity index (χ4n) is 3.94. The van der Waals surface area contributed by atoms with E-state index in [0.717, 1.165) is 35.5 Å². The number of quaternary nitrogens is 1. The second kappa shape index (κ2) is 10.4. The van der Waals surface area contributed by atoms with E-state index in [2.05, 4.69) is 39.8 Å². The molecular formula is C24H33N4O3+. The van der Waals surface area contributed by atoms with E-state index in [1.807, 2.05) is 46.1 Å². The van der Waals surface area contributed by atoms with Crippen LogP contribution in [0.25, 0.3) is 0 Å². The van der Waals surface area contributed by atoms with Gasteiger partial charge in [0.15, 0.2) is 0 Å². The summed E-state index contributed by atoms with van der Waals surface area (Å²) in [4.78, 5) is 28.5. The first-order valence-corrected chi connectivity index (χ1v) is 10.7. The Balaban J connectivity index is 1.69. The number of para-hydroxylation sites is 1. The zero-order valence-electron chi connectivity index (χ0n) is 18.8. The van der Waals surface area contributed by atoms with Crippen LogP contribution in [0.5, 0.6) is 0 Å². The smallest absolute Gasteiger partial charge is 0.313 e. The van der Waals surface area contributed by atoms with Gasteiger partial charge >= 0.3 is 11.8 Å². The van der Waals surface area contributed by atoms with Crippen LogP contribution in [0.4, 0.5) is 11.4 Å². The molecule has 2 aromatic rings. The number of morpholine rings is 1. The number of hydrogen-bond donors (Lipinski definition) is 3. The van der Waals surface area contributed by atoms with Crippen molar-refractivity contribution in [2.75, 3.05) is 57.2 Å². The van der Waals surface area contributed by atoms with Gasteiger partial charge < -0.3 is 25.2 Å². The van der Waals surface area contributed by atoms with Crippen molar-refractivity contribution < 1.29 is 19.2 Å². The average Bonchev–Trinajstić information content (AvgIpc) is 2.77. The minimum Gasteiger partial charge on any atom is -0.378 e. The highest BCUT2D eigenvalue weighted by molar-refractivity contribution is 6.39. The lowest BCUT2D eigenvalue weighted by atomic mass is 10.0. The molecule has 1 saturated heterocycles. The van der Waals surface area contributed by atoms with E-state index < -0.39 is 11.8 Å². The van der Waals surface area contributed by atoms with Gasteiger partial charge in [-0.2, -0.15) is 0 Å². The van der Waals surface area contributed by atoms with Crippen LogP contribution in [0, 0.1) is 13.8 Å². The third-order valence-electron chi connectivity index (χ3n) is 5.83. The van der Waals surface area contributed by atoms with E-state index in [0.29, 0.717) is 25.4 Å². The van der Waals surface area contributed by atoms with Gasteiger partial charge in [0, 0.05) is 31.0 Å². The number of nitrogens with zero attached hydrogens (tertiary/aromatic N) is 1. The highest BCUT2D eigenvalue weighted by Crippen LogP contribution is 2.19. The number of benzene rings is 2. The molecule has 0 aliphatic carbocycles. The highest BCUT2D eigenvalue weighted by atomic mass is 16.5. The summed E-state index contributed by atoms with van der Waals surface area (Å²) in [6, 6.07) is 14.2. The summed E-state index contributed by atoms with van der Waals surface area (Å²) >= 11 is 0. The van der Waals surface area contributed by atoms with Crippen LogP contribution < -0.4 is 20.4 Å². The zero-order chi connectivity index (χ0) is 22.4. The van der Waals surface area contributed by atoms with E-state index in [9.17, 15) is 9.59 Å². The standard InChI is InChI=1S/C24H32N4O3/c1-17-6-5-7-18(2)22(17)26-24(30)23(29)25-16-21(28-12-14-31-15-13-28)19-8-10-20(11-9-19)27(3)4/h5-11,21H,12-16H2,1-4H3,(H,25,29)(H,26,30)/p+1/t21-/m0/s1. The quantitative estimate of drug-likeness (QED) is 0.606. The molecule has 1 aliphatic rings. The van der Waals surface area contributed by atoms with Crippen molar-refractivity contribution in [1.29, 1.82) is 0 Å². The third-order valence-corrected chi connectivity index (χ3v) is 5.83. The molecule has 3 N–H and O–H groups in total. The number of ether oxygens (including phenoxy) is 1. The molecule has 0 saturated carbocycles. The summed E-state index contributed by atoms with van der Waals surface area (Å²) in [6.45, 7) is 7.33. The molecule has 2 aromatic carbocycles. The SMILES string of the molecule is Cc1cccc(C)c1NC(=O)C(=O)NC[C@@H](c1ccc(N(C)C)cc1)[NH+]1CCOCC1. The van der Waals surface area contributed by atoms with Gasteiger partial charge in [-0.05, 0) is 37.1 Å². The zero-order valence-corrected chi connectivity index (χ0v) is 18.8. The van der Waals surface area contributed by atoms with Crippen molar-refractivity contribution in [3.63, 3.8) is 0 Å². The van der Waals surface area contributed by atoms with Crippen molar-refractivity contribution in [1.82, 2.24) is 5.32 Å². The Morgan fingerprint density at radius 2 is 1.61 bits per heavy atom. The van der Waals surface area contributed by atoms with E-state index in [4.69, 9.17) is 4.74 Å². The second-order valence-electron chi connectivity index (χ2n) is 8.24. The van der Waals surface area contributed by atoms with Crippen LogP contribution in [0.3, 0.4) is 0 Å². The topological polar surface area (TPSA) is 75.1 Å². The summed E-state index contributed by atoms with van der Waals surface area (Å²) in [6.07, 6.45) is 0. The highest BCUT2D eigenvalue weighted by Gasteiger charge is 2.28. The van der Waals surface area contributed by atoms with Crippen molar-refractivity contribution >= 4 is 23.2 Å². The van der Waals surface area contributed by atoms with Gasteiger partial charge in [0.1, 0.15) is 19.1 Å². The van der Waals surface area contributed by atoms with Crippen LogP contribution in [-0.4, -0.2) is 58.8 Å². The number of rotatable bonds is 6. The lowest BCUT2D eigenvalue weighted by molar-refractivity contribution is -0.937. The Bertz CT molecular complexity index is 885. The maximum absolute atomic E-state index is 12.6. The summed E-state index contributed by atoms with van der Waals surface area (Å²) < 4.78 is 5.51. The van der Waals surface area contributed by atoms with Gasteiger partial charge in [0.05, 0.1) is 19.8 Å². The molecule has 1 heterocycles. The number of carbonyl (C=O) groups excluding carboxylic acids is 2. The maximum Gasteiger partial charge on any atom is 0.313 e. The minimum absolute atomic E-state index is 0.0528. The van der Waals surface area contributed by atoms with E-state index in [1.54, 1.807) is 0 Å². The number of carbonyl (C=O) groups is 2.